The molecule has 17 heavy (non-hydrogen) atoms. The number of hydrogen-bond acceptors (Lipinski definition) is 3. The summed E-state index contributed by atoms with van der Waals surface area (Å²) in [6, 6.07) is 4.77. The number of halogens is 1. The third-order valence-corrected chi connectivity index (χ3v) is 2.74. The Labute approximate surface area is 101 Å². The minimum atomic E-state index is -0.965. The molecule has 0 fully saturated rings. The number of fused-ring (bicyclic) bond motifs is 1. The number of aliphatic carboxylic acids is 1. The van der Waals surface area contributed by atoms with Crippen molar-refractivity contribution in [2.45, 2.75) is 13.5 Å². The maximum atomic E-state index is 11.6. The Morgan fingerprint density at radius 2 is 2.29 bits per heavy atom. The van der Waals surface area contributed by atoms with Gasteiger partial charge in [0.25, 0.3) is 0 Å². The van der Waals surface area contributed by atoms with Gasteiger partial charge in [0.1, 0.15) is 0 Å². The van der Waals surface area contributed by atoms with E-state index in [1.165, 1.54) is 11.5 Å². The first-order valence-corrected chi connectivity index (χ1v) is 5.38. The van der Waals surface area contributed by atoms with Gasteiger partial charge in [0, 0.05) is 11.6 Å². The van der Waals surface area contributed by atoms with Crippen LogP contribution in [0.2, 0.25) is 5.02 Å². The highest BCUT2D eigenvalue weighted by Crippen LogP contribution is 2.19. The average Bonchev–Trinajstić information content (AvgIpc) is 2.55. The number of benzene rings is 1. The van der Waals surface area contributed by atoms with E-state index in [1.807, 2.05) is 0 Å². The molecule has 0 radical (unpaired) electrons. The summed E-state index contributed by atoms with van der Waals surface area (Å²) < 4.78 is 6.27. The van der Waals surface area contributed by atoms with E-state index in [9.17, 15) is 9.59 Å². The van der Waals surface area contributed by atoms with Crippen molar-refractivity contribution >= 4 is 28.7 Å². The Balaban J connectivity index is 2.52. The predicted octanol–water partition coefficient (Wildman–Crippen LogP) is 1.97. The molecule has 6 heteroatoms. The molecular weight excluding hydrogens is 246 g/mol. The fraction of sp³-hybridized carbons (Fsp3) is 0.273. The van der Waals surface area contributed by atoms with Gasteiger partial charge in [-0.1, -0.05) is 18.5 Å². The number of carboxylic acid groups (broad SMARTS) is 1. The molecule has 0 saturated heterocycles. The van der Waals surface area contributed by atoms with Gasteiger partial charge < -0.3 is 9.52 Å². The fourth-order valence-electron chi connectivity index (χ4n) is 1.56. The monoisotopic (exact) mass is 255 g/mol. The van der Waals surface area contributed by atoms with Gasteiger partial charge in [0.2, 0.25) is 0 Å². The third kappa shape index (κ3) is 2.19. The van der Waals surface area contributed by atoms with Crippen LogP contribution in [0, 0.1) is 5.92 Å². The Morgan fingerprint density at radius 3 is 2.94 bits per heavy atom. The van der Waals surface area contributed by atoms with E-state index in [0.717, 1.165) is 0 Å². The van der Waals surface area contributed by atoms with Gasteiger partial charge in [-0.15, -0.1) is 0 Å². The molecule has 1 heterocycles. The maximum absolute atomic E-state index is 11.6. The molecule has 1 atom stereocenters. The Kier molecular flexibility index (Phi) is 2.93. The molecule has 1 aromatic carbocycles. The van der Waals surface area contributed by atoms with Crippen LogP contribution in [-0.4, -0.2) is 15.6 Å². The van der Waals surface area contributed by atoms with E-state index >= 15 is 0 Å². The minimum absolute atomic E-state index is 0.0571. The minimum Gasteiger partial charge on any atom is -0.481 e. The lowest BCUT2D eigenvalue weighted by Gasteiger charge is -2.06. The van der Waals surface area contributed by atoms with Gasteiger partial charge in [-0.05, 0) is 18.2 Å². The van der Waals surface area contributed by atoms with Crippen molar-refractivity contribution in [3.05, 3.63) is 33.8 Å². The number of carboxylic acids is 1. The van der Waals surface area contributed by atoms with Gasteiger partial charge in [-0.2, -0.15) is 0 Å². The van der Waals surface area contributed by atoms with Crippen molar-refractivity contribution in [2.24, 2.45) is 5.92 Å². The molecule has 1 N–H and O–H groups in total. The van der Waals surface area contributed by atoms with Crippen LogP contribution in [0.25, 0.3) is 11.1 Å². The number of aromatic nitrogens is 1. The third-order valence-electron chi connectivity index (χ3n) is 2.51. The number of oxazole rings is 1. The van der Waals surface area contributed by atoms with E-state index in [1.54, 1.807) is 18.2 Å². The molecule has 0 saturated carbocycles. The Hall–Kier alpha value is -1.75. The summed E-state index contributed by atoms with van der Waals surface area (Å²) in [5, 5.41) is 9.29. The highest BCUT2D eigenvalue weighted by molar-refractivity contribution is 6.31. The van der Waals surface area contributed by atoms with Crippen molar-refractivity contribution < 1.29 is 14.3 Å². The highest BCUT2D eigenvalue weighted by Gasteiger charge is 2.16. The van der Waals surface area contributed by atoms with Crippen LogP contribution in [0.15, 0.2) is 27.4 Å². The van der Waals surface area contributed by atoms with E-state index in [0.29, 0.717) is 16.1 Å². The highest BCUT2D eigenvalue weighted by atomic mass is 35.5. The molecule has 1 unspecified atom stereocenters. The summed E-state index contributed by atoms with van der Waals surface area (Å²) in [6.07, 6.45) is 0. The van der Waals surface area contributed by atoms with E-state index in [4.69, 9.17) is 21.1 Å². The van der Waals surface area contributed by atoms with Crippen molar-refractivity contribution in [3.8, 4) is 0 Å². The topological polar surface area (TPSA) is 72.4 Å². The molecule has 2 aromatic rings. The zero-order chi connectivity index (χ0) is 12.6. The number of carbonyl (C=O) groups is 1. The summed E-state index contributed by atoms with van der Waals surface area (Å²) in [4.78, 5) is 22.3. The van der Waals surface area contributed by atoms with E-state index in [-0.39, 0.29) is 6.54 Å². The van der Waals surface area contributed by atoms with Crippen molar-refractivity contribution in [1.29, 1.82) is 0 Å². The number of nitrogens with zero attached hydrogens (tertiary/aromatic N) is 1. The van der Waals surface area contributed by atoms with Crippen LogP contribution in [0.1, 0.15) is 6.92 Å². The molecule has 90 valence electrons. The molecule has 1 aromatic heterocycles. The second-order valence-electron chi connectivity index (χ2n) is 3.83. The zero-order valence-electron chi connectivity index (χ0n) is 9.01. The largest absolute Gasteiger partial charge is 0.481 e. The second kappa shape index (κ2) is 4.25. The van der Waals surface area contributed by atoms with Crippen molar-refractivity contribution in [1.82, 2.24) is 4.57 Å². The summed E-state index contributed by atoms with van der Waals surface area (Å²) in [5.41, 5.74) is 0.910. The average molecular weight is 256 g/mol. The van der Waals surface area contributed by atoms with E-state index in [2.05, 4.69) is 0 Å². The molecule has 0 spiro atoms. The number of rotatable bonds is 3. The summed E-state index contributed by atoms with van der Waals surface area (Å²) >= 11 is 5.83. The predicted molar refractivity (Wildman–Crippen MR) is 62.3 cm³/mol. The van der Waals surface area contributed by atoms with Gasteiger partial charge in [0.15, 0.2) is 5.58 Å². The van der Waals surface area contributed by atoms with Gasteiger partial charge in [0.05, 0.1) is 11.4 Å². The van der Waals surface area contributed by atoms with Gasteiger partial charge in [-0.3, -0.25) is 9.36 Å². The zero-order valence-corrected chi connectivity index (χ0v) is 9.77. The molecule has 5 nitrogen and oxygen atoms in total. The van der Waals surface area contributed by atoms with Crippen molar-refractivity contribution in [3.63, 3.8) is 0 Å². The van der Waals surface area contributed by atoms with Gasteiger partial charge >= 0.3 is 11.7 Å². The molecule has 0 amide bonds. The van der Waals surface area contributed by atoms with Crippen molar-refractivity contribution in [2.75, 3.05) is 0 Å². The summed E-state index contributed by atoms with van der Waals surface area (Å²) in [7, 11) is 0. The molecular formula is C11H10ClNO4. The fourth-order valence-corrected chi connectivity index (χ4v) is 1.73. The second-order valence-corrected chi connectivity index (χ2v) is 4.27. The summed E-state index contributed by atoms with van der Waals surface area (Å²) in [5.74, 6) is -2.21. The molecule has 0 aliphatic carbocycles. The molecule has 0 aliphatic rings. The van der Waals surface area contributed by atoms with E-state index < -0.39 is 17.6 Å². The van der Waals surface area contributed by atoms with Crippen LogP contribution in [-0.2, 0) is 11.3 Å². The Bertz CT molecular complexity index is 628. The van der Waals surface area contributed by atoms with Crippen LogP contribution in [0.5, 0.6) is 0 Å². The quantitative estimate of drug-likeness (QED) is 0.910. The first kappa shape index (κ1) is 11.7. The summed E-state index contributed by atoms with van der Waals surface area (Å²) in [6.45, 7) is 1.58. The van der Waals surface area contributed by atoms with Crippen LogP contribution in [0.4, 0.5) is 0 Å². The van der Waals surface area contributed by atoms with Crippen LogP contribution < -0.4 is 5.76 Å². The lowest BCUT2D eigenvalue weighted by Crippen LogP contribution is -2.23. The van der Waals surface area contributed by atoms with Gasteiger partial charge in [-0.25, -0.2) is 4.79 Å². The first-order chi connectivity index (χ1) is 7.99. The SMILES string of the molecule is CC(Cn1c(=O)oc2ccc(Cl)cc21)C(=O)O. The lowest BCUT2D eigenvalue weighted by atomic mass is 10.2. The normalized spacial score (nSPS) is 12.8. The molecule has 0 bridgehead atoms. The van der Waals surface area contributed by atoms with Crippen LogP contribution >= 0.6 is 11.6 Å². The lowest BCUT2D eigenvalue weighted by molar-refractivity contribution is -0.141. The number of hydrogen-bond donors (Lipinski definition) is 1. The first-order valence-electron chi connectivity index (χ1n) is 5.00. The molecule has 2 rings (SSSR count). The standard InChI is InChI=1S/C11H10ClNO4/c1-6(10(14)15)5-13-8-4-7(12)2-3-9(8)17-11(13)16/h2-4,6H,5H2,1H3,(H,14,15). The Morgan fingerprint density at radius 1 is 1.59 bits per heavy atom. The smallest absolute Gasteiger partial charge is 0.419 e. The molecule has 0 aliphatic heterocycles. The van der Waals surface area contributed by atoms with Crippen LogP contribution in [0.3, 0.4) is 0 Å². The maximum Gasteiger partial charge on any atom is 0.419 e.